The van der Waals surface area contributed by atoms with Crippen LogP contribution in [0.25, 0.3) is 0 Å². The molecule has 0 saturated heterocycles. The van der Waals surface area contributed by atoms with Crippen molar-refractivity contribution >= 4 is 0 Å². The van der Waals surface area contributed by atoms with Crippen molar-refractivity contribution in [2.24, 2.45) is 0 Å². The monoisotopic (exact) mass is 276 g/mol. The Labute approximate surface area is 117 Å². The van der Waals surface area contributed by atoms with E-state index in [1.54, 1.807) is 12.1 Å². The molecule has 0 radical (unpaired) electrons. The Kier molecular flexibility index (Phi) is 4.58. The van der Waals surface area contributed by atoms with Gasteiger partial charge in [-0.2, -0.15) is 0 Å². The van der Waals surface area contributed by atoms with E-state index in [-0.39, 0.29) is 5.75 Å². The van der Waals surface area contributed by atoms with Crippen LogP contribution in [0, 0.1) is 5.82 Å². The maximum atomic E-state index is 13.4. The first-order chi connectivity index (χ1) is 9.67. The van der Waals surface area contributed by atoms with Crippen LogP contribution in [0.4, 0.5) is 4.39 Å². The number of hydrogen-bond acceptors (Lipinski definition) is 3. The van der Waals surface area contributed by atoms with E-state index in [9.17, 15) is 9.50 Å². The number of halogens is 1. The topological polar surface area (TPSA) is 38.7 Å². The quantitative estimate of drug-likeness (QED) is 0.910. The molecule has 106 valence electrons. The molecule has 3 nitrogen and oxygen atoms in total. The summed E-state index contributed by atoms with van der Waals surface area (Å²) in [5.41, 5.74) is 1.19. The van der Waals surface area contributed by atoms with Gasteiger partial charge in [0.15, 0.2) is 11.6 Å². The summed E-state index contributed by atoms with van der Waals surface area (Å²) in [6, 6.07) is 11.5. The Bertz CT molecular complexity index is 584. The van der Waals surface area contributed by atoms with Gasteiger partial charge in [-0.3, -0.25) is 0 Å². The van der Waals surface area contributed by atoms with Crippen LogP contribution < -0.4 is 9.47 Å². The molecular weight excluding hydrogens is 259 g/mol. The summed E-state index contributed by atoms with van der Waals surface area (Å²) in [5, 5.41) is 10.5. The molecule has 0 spiro atoms. The molecule has 0 fully saturated rings. The fourth-order valence-electron chi connectivity index (χ4n) is 2.02. The van der Waals surface area contributed by atoms with Crippen molar-refractivity contribution in [1.82, 2.24) is 0 Å². The number of methoxy groups -OCH3 is 1. The van der Waals surface area contributed by atoms with Crippen LogP contribution in [0.1, 0.15) is 24.2 Å². The van der Waals surface area contributed by atoms with Gasteiger partial charge >= 0.3 is 0 Å². The molecule has 1 unspecified atom stereocenters. The molecular formula is C16H17FO3. The Morgan fingerprint density at radius 3 is 2.60 bits per heavy atom. The van der Waals surface area contributed by atoms with Gasteiger partial charge in [-0.1, -0.05) is 24.3 Å². The van der Waals surface area contributed by atoms with E-state index in [1.807, 2.05) is 19.1 Å². The van der Waals surface area contributed by atoms with Crippen LogP contribution >= 0.6 is 0 Å². The average Bonchev–Trinajstić information content (AvgIpc) is 2.48. The first-order valence-corrected chi connectivity index (χ1v) is 6.40. The van der Waals surface area contributed by atoms with Gasteiger partial charge in [-0.05, 0) is 30.7 Å². The molecule has 0 aliphatic rings. The number of ether oxygens (including phenoxy) is 2. The normalized spacial score (nSPS) is 12.0. The summed E-state index contributed by atoms with van der Waals surface area (Å²) < 4.78 is 23.8. The van der Waals surface area contributed by atoms with E-state index >= 15 is 0 Å². The summed E-state index contributed by atoms with van der Waals surface area (Å²) >= 11 is 0. The van der Waals surface area contributed by atoms with Gasteiger partial charge in [0.25, 0.3) is 0 Å². The lowest BCUT2D eigenvalue weighted by Gasteiger charge is -2.16. The maximum Gasteiger partial charge on any atom is 0.165 e. The van der Waals surface area contributed by atoms with E-state index < -0.39 is 11.9 Å². The van der Waals surface area contributed by atoms with Gasteiger partial charge in [0, 0.05) is 5.56 Å². The second kappa shape index (κ2) is 6.39. The Morgan fingerprint density at radius 2 is 1.90 bits per heavy atom. The second-order valence-corrected chi connectivity index (χ2v) is 4.27. The van der Waals surface area contributed by atoms with E-state index in [0.29, 0.717) is 23.5 Å². The van der Waals surface area contributed by atoms with Crippen molar-refractivity contribution in [2.75, 3.05) is 13.7 Å². The smallest absolute Gasteiger partial charge is 0.165 e. The van der Waals surface area contributed by atoms with E-state index in [1.165, 1.54) is 25.3 Å². The van der Waals surface area contributed by atoms with Crippen molar-refractivity contribution in [1.29, 1.82) is 0 Å². The molecule has 0 aliphatic carbocycles. The Balaban J connectivity index is 2.38. The summed E-state index contributed by atoms with van der Waals surface area (Å²) in [4.78, 5) is 0. The highest BCUT2D eigenvalue weighted by atomic mass is 19.1. The molecule has 1 N–H and O–H groups in total. The highest BCUT2D eigenvalue weighted by Crippen LogP contribution is 2.32. The fourth-order valence-corrected chi connectivity index (χ4v) is 2.02. The van der Waals surface area contributed by atoms with Gasteiger partial charge in [0.1, 0.15) is 11.9 Å². The van der Waals surface area contributed by atoms with Gasteiger partial charge in [0.2, 0.25) is 0 Å². The molecule has 0 bridgehead atoms. The molecule has 20 heavy (non-hydrogen) atoms. The van der Waals surface area contributed by atoms with Crippen LogP contribution in [0.2, 0.25) is 0 Å². The minimum atomic E-state index is -0.896. The molecule has 1 atom stereocenters. The molecule has 0 heterocycles. The zero-order valence-corrected chi connectivity index (χ0v) is 11.5. The van der Waals surface area contributed by atoms with E-state index in [4.69, 9.17) is 9.47 Å². The first kappa shape index (κ1) is 14.3. The standard InChI is InChI=1S/C16H17FO3/c1-3-20-14-7-5-4-6-12(14)16(18)11-8-9-13(17)15(10-11)19-2/h4-10,16,18H,3H2,1-2H3. The van der Waals surface area contributed by atoms with Gasteiger partial charge < -0.3 is 14.6 Å². The molecule has 2 rings (SSSR count). The highest BCUT2D eigenvalue weighted by Gasteiger charge is 2.17. The molecule has 2 aromatic carbocycles. The lowest BCUT2D eigenvalue weighted by atomic mass is 10.0. The molecule has 0 aromatic heterocycles. The van der Waals surface area contributed by atoms with Gasteiger partial charge in [0.05, 0.1) is 13.7 Å². The van der Waals surface area contributed by atoms with Crippen LogP contribution in [0.5, 0.6) is 11.5 Å². The Morgan fingerprint density at radius 1 is 1.15 bits per heavy atom. The van der Waals surface area contributed by atoms with Crippen LogP contribution in [0.15, 0.2) is 42.5 Å². The lowest BCUT2D eigenvalue weighted by molar-refractivity contribution is 0.211. The summed E-state index contributed by atoms with van der Waals surface area (Å²) in [6.07, 6.45) is -0.896. The van der Waals surface area contributed by atoms with E-state index in [2.05, 4.69) is 0 Å². The van der Waals surface area contributed by atoms with Crippen molar-refractivity contribution in [3.8, 4) is 11.5 Å². The number of para-hydroxylation sites is 1. The minimum absolute atomic E-state index is 0.107. The minimum Gasteiger partial charge on any atom is -0.494 e. The number of aliphatic hydroxyl groups is 1. The van der Waals surface area contributed by atoms with Crippen molar-refractivity contribution in [3.63, 3.8) is 0 Å². The van der Waals surface area contributed by atoms with Crippen LogP contribution in [-0.2, 0) is 0 Å². The SMILES string of the molecule is CCOc1ccccc1C(O)c1ccc(F)c(OC)c1. The summed E-state index contributed by atoms with van der Waals surface area (Å²) in [6.45, 7) is 2.39. The number of hydrogen-bond donors (Lipinski definition) is 1. The fraction of sp³-hybridized carbons (Fsp3) is 0.250. The first-order valence-electron chi connectivity index (χ1n) is 6.40. The van der Waals surface area contributed by atoms with Gasteiger partial charge in [-0.15, -0.1) is 0 Å². The van der Waals surface area contributed by atoms with Gasteiger partial charge in [-0.25, -0.2) is 4.39 Å². The van der Waals surface area contributed by atoms with Crippen LogP contribution in [-0.4, -0.2) is 18.8 Å². The molecule has 0 aliphatic heterocycles. The third kappa shape index (κ3) is 2.91. The molecule has 0 saturated carbocycles. The molecule has 2 aromatic rings. The maximum absolute atomic E-state index is 13.4. The zero-order chi connectivity index (χ0) is 14.5. The zero-order valence-electron chi connectivity index (χ0n) is 11.5. The lowest BCUT2D eigenvalue weighted by Crippen LogP contribution is -2.04. The highest BCUT2D eigenvalue weighted by molar-refractivity contribution is 5.42. The van der Waals surface area contributed by atoms with Crippen molar-refractivity contribution < 1.29 is 19.0 Å². The number of aliphatic hydroxyl groups excluding tert-OH is 1. The van der Waals surface area contributed by atoms with Crippen molar-refractivity contribution in [2.45, 2.75) is 13.0 Å². The molecule has 4 heteroatoms. The van der Waals surface area contributed by atoms with Crippen LogP contribution in [0.3, 0.4) is 0 Å². The summed E-state index contributed by atoms with van der Waals surface area (Å²) in [7, 11) is 1.39. The predicted octanol–water partition coefficient (Wildman–Crippen LogP) is 3.31. The molecule has 0 amide bonds. The van der Waals surface area contributed by atoms with E-state index in [0.717, 1.165) is 0 Å². The largest absolute Gasteiger partial charge is 0.494 e. The second-order valence-electron chi connectivity index (χ2n) is 4.27. The third-order valence-corrected chi connectivity index (χ3v) is 3.00. The number of benzene rings is 2. The summed E-state index contributed by atoms with van der Waals surface area (Å²) in [5.74, 6) is 0.266. The predicted molar refractivity (Wildman–Crippen MR) is 74.6 cm³/mol. The van der Waals surface area contributed by atoms with Crippen molar-refractivity contribution in [3.05, 3.63) is 59.4 Å². The Hall–Kier alpha value is -2.07. The average molecular weight is 276 g/mol. The number of rotatable bonds is 5. The third-order valence-electron chi connectivity index (χ3n) is 3.00.